The molecule has 2 aromatic rings. The molecule has 132 valence electrons. The summed E-state index contributed by atoms with van der Waals surface area (Å²) in [7, 11) is 0. The maximum absolute atomic E-state index is 13.9. The number of rotatable bonds is 6. The molecule has 4 rings (SSSR count). The number of furan rings is 1. The van der Waals surface area contributed by atoms with Gasteiger partial charge in [-0.25, -0.2) is 4.39 Å². The molecule has 2 aliphatic rings. The Hall–Kier alpha value is -2.14. The maximum Gasteiger partial charge on any atom is 0.223 e. The van der Waals surface area contributed by atoms with E-state index in [4.69, 9.17) is 4.42 Å². The quantitative estimate of drug-likeness (QED) is 0.874. The number of hydrogen-bond acceptors (Lipinski definition) is 3. The van der Waals surface area contributed by atoms with Crippen molar-refractivity contribution in [2.75, 3.05) is 19.6 Å². The molecule has 1 saturated carbocycles. The Labute approximate surface area is 147 Å². The molecular formula is C20H23FN2O2. The lowest BCUT2D eigenvalue weighted by Crippen LogP contribution is -2.37. The molecule has 1 aromatic carbocycles. The van der Waals surface area contributed by atoms with E-state index in [2.05, 4.69) is 10.2 Å². The zero-order valence-corrected chi connectivity index (χ0v) is 14.2. The van der Waals surface area contributed by atoms with Crippen molar-refractivity contribution in [3.05, 3.63) is 59.8 Å². The fraction of sp³-hybridized carbons (Fsp3) is 0.450. The number of amides is 1. The molecule has 1 saturated heterocycles. The average Bonchev–Trinajstić information content (AvgIpc) is 3.03. The summed E-state index contributed by atoms with van der Waals surface area (Å²) < 4.78 is 19.5. The molecule has 1 N–H and O–H groups in total. The third-order valence-electron chi connectivity index (χ3n) is 5.35. The van der Waals surface area contributed by atoms with Gasteiger partial charge in [-0.3, -0.25) is 9.69 Å². The van der Waals surface area contributed by atoms with Crippen LogP contribution in [0.4, 0.5) is 4.39 Å². The molecule has 2 fully saturated rings. The molecule has 25 heavy (non-hydrogen) atoms. The fourth-order valence-electron chi connectivity index (χ4n) is 3.88. The van der Waals surface area contributed by atoms with Crippen LogP contribution in [0.3, 0.4) is 0 Å². The molecule has 1 aliphatic carbocycles. The monoisotopic (exact) mass is 342 g/mol. The summed E-state index contributed by atoms with van der Waals surface area (Å²) in [5, 5.41) is 3.07. The van der Waals surface area contributed by atoms with Crippen LogP contribution in [0.15, 0.2) is 47.1 Å². The number of benzene rings is 1. The van der Waals surface area contributed by atoms with Gasteiger partial charge in [0.25, 0.3) is 0 Å². The van der Waals surface area contributed by atoms with Gasteiger partial charge in [-0.2, -0.15) is 0 Å². The van der Waals surface area contributed by atoms with Crippen LogP contribution in [-0.4, -0.2) is 30.4 Å². The molecule has 0 radical (unpaired) electrons. The highest BCUT2D eigenvalue weighted by molar-refractivity contribution is 5.82. The van der Waals surface area contributed by atoms with Gasteiger partial charge in [0, 0.05) is 12.5 Å². The van der Waals surface area contributed by atoms with E-state index in [1.165, 1.54) is 18.9 Å². The van der Waals surface area contributed by atoms with E-state index in [0.717, 1.165) is 25.3 Å². The number of halogens is 1. The molecule has 1 amide bonds. The standard InChI is InChI=1S/C20H23FN2O2/c21-17-7-2-1-6-14(17)15-12-16(15)20(24)22-13-18(19-8-5-11-25-19)23-9-3-4-10-23/h1-2,5-8,11,15-16,18H,3-4,9-10,12-13H2,(H,22,24)/t15-,16-,18+/m0/s1. The Kier molecular flexibility index (Phi) is 4.57. The molecule has 1 aromatic heterocycles. The van der Waals surface area contributed by atoms with Gasteiger partial charge in [0.1, 0.15) is 11.6 Å². The molecule has 4 nitrogen and oxygen atoms in total. The van der Waals surface area contributed by atoms with Gasteiger partial charge in [0.2, 0.25) is 5.91 Å². The topological polar surface area (TPSA) is 45.5 Å². The lowest BCUT2D eigenvalue weighted by atomic mass is 10.1. The van der Waals surface area contributed by atoms with E-state index in [0.29, 0.717) is 12.1 Å². The lowest BCUT2D eigenvalue weighted by molar-refractivity contribution is -0.122. The van der Waals surface area contributed by atoms with Crippen LogP contribution >= 0.6 is 0 Å². The predicted molar refractivity (Wildman–Crippen MR) is 92.5 cm³/mol. The third kappa shape index (κ3) is 3.47. The Morgan fingerprint density at radius 3 is 2.76 bits per heavy atom. The number of likely N-dealkylation sites (tertiary alicyclic amines) is 1. The minimum Gasteiger partial charge on any atom is -0.468 e. The van der Waals surface area contributed by atoms with E-state index >= 15 is 0 Å². The second-order valence-electron chi connectivity index (χ2n) is 6.99. The number of hydrogen-bond donors (Lipinski definition) is 1. The Balaban J connectivity index is 1.37. The van der Waals surface area contributed by atoms with Crippen LogP contribution in [0.1, 0.15) is 42.5 Å². The summed E-state index contributed by atoms with van der Waals surface area (Å²) >= 11 is 0. The van der Waals surface area contributed by atoms with Crippen molar-refractivity contribution in [1.29, 1.82) is 0 Å². The SMILES string of the molecule is O=C(NC[C@H](c1ccco1)N1CCCC1)[C@H]1C[C@H]1c1ccccc1F. The van der Waals surface area contributed by atoms with Gasteiger partial charge in [-0.05, 0) is 62.0 Å². The normalized spacial score (nSPS) is 24.2. The minimum absolute atomic E-state index is 0.00931. The second kappa shape index (κ2) is 7.00. The van der Waals surface area contributed by atoms with Crippen LogP contribution in [0.2, 0.25) is 0 Å². The largest absolute Gasteiger partial charge is 0.468 e. The van der Waals surface area contributed by atoms with Crippen LogP contribution in [-0.2, 0) is 4.79 Å². The highest BCUT2D eigenvalue weighted by Gasteiger charge is 2.45. The Morgan fingerprint density at radius 2 is 2.04 bits per heavy atom. The first-order chi connectivity index (χ1) is 12.2. The van der Waals surface area contributed by atoms with Crippen molar-refractivity contribution < 1.29 is 13.6 Å². The van der Waals surface area contributed by atoms with Gasteiger partial charge in [0.15, 0.2) is 0 Å². The Bertz CT molecular complexity index is 725. The van der Waals surface area contributed by atoms with Crippen molar-refractivity contribution in [2.24, 2.45) is 5.92 Å². The predicted octanol–water partition coefficient (Wildman–Crippen LogP) is 3.48. The smallest absolute Gasteiger partial charge is 0.223 e. The third-order valence-corrected chi connectivity index (χ3v) is 5.35. The summed E-state index contributed by atoms with van der Waals surface area (Å²) in [5.74, 6) is 0.587. The summed E-state index contributed by atoms with van der Waals surface area (Å²) in [6.45, 7) is 2.60. The molecule has 2 heterocycles. The molecule has 1 aliphatic heterocycles. The molecule has 3 atom stereocenters. The summed E-state index contributed by atoms with van der Waals surface area (Å²) in [5.41, 5.74) is 0.657. The first-order valence-electron chi connectivity index (χ1n) is 9.03. The molecule has 0 unspecified atom stereocenters. The van der Waals surface area contributed by atoms with E-state index in [9.17, 15) is 9.18 Å². The fourth-order valence-corrected chi connectivity index (χ4v) is 3.88. The zero-order chi connectivity index (χ0) is 17.2. The number of nitrogens with one attached hydrogen (secondary N) is 1. The summed E-state index contributed by atoms with van der Waals surface area (Å²) in [6.07, 6.45) is 4.77. The van der Waals surface area contributed by atoms with Crippen LogP contribution in [0.25, 0.3) is 0 Å². The number of carbonyl (C=O) groups is 1. The van der Waals surface area contributed by atoms with Crippen LogP contribution < -0.4 is 5.32 Å². The van der Waals surface area contributed by atoms with Gasteiger partial charge in [-0.1, -0.05) is 18.2 Å². The van der Waals surface area contributed by atoms with Crippen LogP contribution in [0.5, 0.6) is 0 Å². The molecule has 5 heteroatoms. The lowest BCUT2D eigenvalue weighted by Gasteiger charge is -2.26. The zero-order valence-electron chi connectivity index (χ0n) is 14.2. The van der Waals surface area contributed by atoms with Crippen LogP contribution in [0, 0.1) is 11.7 Å². The number of nitrogens with zero attached hydrogens (tertiary/aromatic N) is 1. The van der Waals surface area contributed by atoms with Gasteiger partial charge in [0.05, 0.1) is 12.3 Å². The second-order valence-corrected chi connectivity index (χ2v) is 6.99. The number of carbonyl (C=O) groups excluding carboxylic acids is 1. The van der Waals surface area contributed by atoms with Gasteiger partial charge < -0.3 is 9.73 Å². The molecule has 0 spiro atoms. The van der Waals surface area contributed by atoms with Crippen molar-refractivity contribution >= 4 is 5.91 Å². The summed E-state index contributed by atoms with van der Waals surface area (Å²) in [6, 6.07) is 10.7. The molecular weight excluding hydrogens is 319 g/mol. The van der Waals surface area contributed by atoms with Crippen molar-refractivity contribution in [1.82, 2.24) is 10.2 Å². The first-order valence-corrected chi connectivity index (χ1v) is 9.03. The van der Waals surface area contributed by atoms with E-state index < -0.39 is 0 Å². The van der Waals surface area contributed by atoms with Crippen molar-refractivity contribution in [2.45, 2.75) is 31.2 Å². The highest BCUT2D eigenvalue weighted by Crippen LogP contribution is 2.48. The molecule has 0 bridgehead atoms. The summed E-state index contributed by atoms with van der Waals surface area (Å²) in [4.78, 5) is 14.9. The van der Waals surface area contributed by atoms with Crippen molar-refractivity contribution in [3.63, 3.8) is 0 Å². The van der Waals surface area contributed by atoms with E-state index in [-0.39, 0.29) is 29.6 Å². The van der Waals surface area contributed by atoms with Crippen molar-refractivity contribution in [3.8, 4) is 0 Å². The van der Waals surface area contributed by atoms with Gasteiger partial charge in [-0.15, -0.1) is 0 Å². The highest BCUT2D eigenvalue weighted by atomic mass is 19.1. The van der Waals surface area contributed by atoms with E-state index in [1.54, 1.807) is 18.4 Å². The Morgan fingerprint density at radius 1 is 1.24 bits per heavy atom. The average molecular weight is 342 g/mol. The van der Waals surface area contributed by atoms with Gasteiger partial charge >= 0.3 is 0 Å². The maximum atomic E-state index is 13.9. The van der Waals surface area contributed by atoms with E-state index in [1.807, 2.05) is 18.2 Å². The first kappa shape index (κ1) is 16.3. The minimum atomic E-state index is -0.215.